The molecule has 5 rings (SSSR count). The summed E-state index contributed by atoms with van der Waals surface area (Å²) in [5.41, 5.74) is 5.10. The molecule has 5 nitrogen and oxygen atoms in total. The molecule has 0 atom stereocenters. The Kier molecular flexibility index (Phi) is 3.46. The van der Waals surface area contributed by atoms with E-state index in [2.05, 4.69) is 34.5 Å². The van der Waals surface area contributed by atoms with Crippen LogP contribution in [0.25, 0.3) is 21.3 Å². The van der Waals surface area contributed by atoms with Crippen molar-refractivity contribution < 1.29 is 9.53 Å². The molecule has 2 aliphatic rings. The molecule has 2 aromatic carbocycles. The van der Waals surface area contributed by atoms with Crippen molar-refractivity contribution in [2.24, 2.45) is 0 Å². The molecule has 6 heteroatoms. The van der Waals surface area contributed by atoms with E-state index in [1.807, 2.05) is 12.1 Å². The summed E-state index contributed by atoms with van der Waals surface area (Å²) in [5, 5.41) is 3.94. The number of carbonyl (C=O) groups is 1. The van der Waals surface area contributed by atoms with E-state index < -0.39 is 0 Å². The van der Waals surface area contributed by atoms with Gasteiger partial charge in [-0.3, -0.25) is 4.79 Å². The van der Waals surface area contributed by atoms with Crippen LogP contribution in [0, 0.1) is 0 Å². The molecule has 0 saturated carbocycles. The second-order valence-corrected chi connectivity index (χ2v) is 7.31. The van der Waals surface area contributed by atoms with Gasteiger partial charge in [0.15, 0.2) is 5.13 Å². The van der Waals surface area contributed by atoms with Crippen LogP contribution in [0.1, 0.15) is 15.9 Å². The molecule has 0 bridgehead atoms. The van der Waals surface area contributed by atoms with Crippen LogP contribution in [0.3, 0.4) is 0 Å². The van der Waals surface area contributed by atoms with Gasteiger partial charge in [-0.2, -0.15) is 0 Å². The number of hydrogen-bond acceptors (Lipinski definition) is 5. The lowest BCUT2D eigenvalue weighted by Crippen LogP contribution is -2.36. The number of nitrogens with zero attached hydrogens (tertiary/aromatic N) is 2. The number of amides is 1. The molecule has 25 heavy (non-hydrogen) atoms. The highest BCUT2D eigenvalue weighted by Gasteiger charge is 2.20. The third-order valence-corrected chi connectivity index (χ3v) is 5.87. The van der Waals surface area contributed by atoms with E-state index in [0.717, 1.165) is 59.2 Å². The number of anilines is 1. The molecule has 0 radical (unpaired) electrons. The number of ether oxygens (including phenoxy) is 1. The summed E-state index contributed by atoms with van der Waals surface area (Å²) in [6, 6.07) is 12.4. The lowest BCUT2D eigenvalue weighted by atomic mass is 10.00. The van der Waals surface area contributed by atoms with Crippen molar-refractivity contribution in [1.29, 1.82) is 0 Å². The van der Waals surface area contributed by atoms with Gasteiger partial charge >= 0.3 is 0 Å². The number of aromatic nitrogens is 1. The molecule has 1 saturated heterocycles. The summed E-state index contributed by atoms with van der Waals surface area (Å²) in [7, 11) is 0. The zero-order valence-corrected chi connectivity index (χ0v) is 14.4. The van der Waals surface area contributed by atoms with Crippen LogP contribution in [0.2, 0.25) is 0 Å². The van der Waals surface area contributed by atoms with Crippen molar-refractivity contribution in [2.45, 2.75) is 6.54 Å². The van der Waals surface area contributed by atoms with Crippen molar-refractivity contribution in [3.05, 3.63) is 47.5 Å². The average Bonchev–Trinajstić information content (AvgIpc) is 3.26. The molecule has 0 unspecified atom stereocenters. The molecule has 3 heterocycles. The Bertz CT molecular complexity index is 976. The first-order valence-electron chi connectivity index (χ1n) is 8.43. The smallest absolute Gasteiger partial charge is 0.251 e. The standard InChI is InChI=1S/C19H17N3O2S/c23-18-15-5-4-12(10-13(15)11-20-18)14-2-1-3-16-17(14)21-19(25-16)22-6-8-24-9-7-22/h1-5,10H,6-9,11H2,(H,20,23). The first kappa shape index (κ1) is 14.9. The van der Waals surface area contributed by atoms with Gasteiger partial charge < -0.3 is 15.0 Å². The molecule has 3 aromatic rings. The molecular weight excluding hydrogens is 334 g/mol. The van der Waals surface area contributed by atoms with Gasteiger partial charge in [-0.05, 0) is 29.3 Å². The molecule has 1 N–H and O–H groups in total. The van der Waals surface area contributed by atoms with Gasteiger partial charge in [-0.25, -0.2) is 4.98 Å². The van der Waals surface area contributed by atoms with E-state index in [4.69, 9.17) is 9.72 Å². The van der Waals surface area contributed by atoms with E-state index in [1.54, 1.807) is 11.3 Å². The minimum absolute atomic E-state index is 0.0167. The summed E-state index contributed by atoms with van der Waals surface area (Å²) in [6.45, 7) is 3.90. The van der Waals surface area contributed by atoms with Crippen LogP contribution in [0.5, 0.6) is 0 Å². The van der Waals surface area contributed by atoms with Gasteiger partial charge in [-0.15, -0.1) is 0 Å². The first-order valence-corrected chi connectivity index (χ1v) is 9.25. The fourth-order valence-corrected chi connectivity index (χ4v) is 4.50. The van der Waals surface area contributed by atoms with Crippen LogP contribution in [-0.4, -0.2) is 37.2 Å². The fourth-order valence-electron chi connectivity index (χ4n) is 3.46. The van der Waals surface area contributed by atoms with Gasteiger partial charge in [0.1, 0.15) is 0 Å². The van der Waals surface area contributed by atoms with Crippen LogP contribution in [0.4, 0.5) is 5.13 Å². The van der Waals surface area contributed by atoms with E-state index in [9.17, 15) is 4.79 Å². The highest BCUT2D eigenvalue weighted by atomic mass is 32.1. The lowest BCUT2D eigenvalue weighted by molar-refractivity contribution is 0.0965. The Balaban J connectivity index is 1.59. The number of thiazole rings is 1. The van der Waals surface area contributed by atoms with Crippen molar-refractivity contribution in [3.63, 3.8) is 0 Å². The third kappa shape index (κ3) is 2.49. The van der Waals surface area contributed by atoms with Crippen LogP contribution in [-0.2, 0) is 11.3 Å². The highest BCUT2D eigenvalue weighted by Crippen LogP contribution is 2.36. The van der Waals surface area contributed by atoms with E-state index >= 15 is 0 Å². The van der Waals surface area contributed by atoms with Gasteiger partial charge in [0, 0.05) is 30.8 Å². The molecule has 2 aliphatic heterocycles. The van der Waals surface area contributed by atoms with E-state index in [1.165, 1.54) is 4.70 Å². The van der Waals surface area contributed by atoms with Crippen molar-refractivity contribution in [1.82, 2.24) is 10.3 Å². The molecular formula is C19H17N3O2S. The Morgan fingerprint density at radius 1 is 1.12 bits per heavy atom. The summed E-state index contributed by atoms with van der Waals surface area (Å²) in [4.78, 5) is 19.0. The van der Waals surface area contributed by atoms with Gasteiger partial charge in [0.25, 0.3) is 5.91 Å². The van der Waals surface area contributed by atoms with Crippen molar-refractivity contribution in [2.75, 3.05) is 31.2 Å². The predicted molar refractivity (Wildman–Crippen MR) is 99.3 cm³/mol. The molecule has 1 fully saturated rings. The summed E-state index contributed by atoms with van der Waals surface area (Å²) in [5.74, 6) is 0.0167. The van der Waals surface area contributed by atoms with Crippen molar-refractivity contribution >= 4 is 32.6 Å². The molecule has 1 aromatic heterocycles. The third-order valence-electron chi connectivity index (χ3n) is 4.79. The maximum absolute atomic E-state index is 11.8. The Morgan fingerprint density at radius 3 is 2.88 bits per heavy atom. The molecule has 0 aliphatic carbocycles. The summed E-state index contributed by atoms with van der Waals surface area (Å²) in [6.07, 6.45) is 0. The maximum Gasteiger partial charge on any atom is 0.251 e. The zero-order valence-electron chi connectivity index (χ0n) is 13.6. The average molecular weight is 351 g/mol. The van der Waals surface area contributed by atoms with Crippen molar-refractivity contribution in [3.8, 4) is 11.1 Å². The minimum atomic E-state index is 0.0167. The minimum Gasteiger partial charge on any atom is -0.378 e. The Labute approximate surface area is 149 Å². The number of fused-ring (bicyclic) bond motifs is 2. The van der Waals surface area contributed by atoms with E-state index in [-0.39, 0.29) is 5.91 Å². The SMILES string of the molecule is O=C1NCc2cc(-c3cccc4sc(N5CCOCC5)nc34)ccc21. The zero-order chi connectivity index (χ0) is 16.8. The number of carbonyl (C=O) groups excluding carboxylic acids is 1. The van der Waals surface area contributed by atoms with Gasteiger partial charge in [0.05, 0.1) is 23.4 Å². The highest BCUT2D eigenvalue weighted by molar-refractivity contribution is 7.22. The second-order valence-electron chi connectivity index (χ2n) is 6.30. The lowest BCUT2D eigenvalue weighted by Gasteiger charge is -2.25. The first-order chi connectivity index (χ1) is 12.3. The summed E-state index contributed by atoms with van der Waals surface area (Å²) >= 11 is 1.73. The molecule has 1 amide bonds. The number of para-hydroxylation sites is 1. The number of nitrogens with one attached hydrogen (secondary N) is 1. The number of benzene rings is 2. The van der Waals surface area contributed by atoms with Crippen LogP contribution in [0.15, 0.2) is 36.4 Å². The predicted octanol–water partition coefficient (Wildman–Crippen LogP) is 3.04. The largest absolute Gasteiger partial charge is 0.378 e. The topological polar surface area (TPSA) is 54.5 Å². The number of hydrogen-bond donors (Lipinski definition) is 1. The fraction of sp³-hybridized carbons (Fsp3) is 0.263. The van der Waals surface area contributed by atoms with Gasteiger partial charge in [0.2, 0.25) is 0 Å². The monoisotopic (exact) mass is 351 g/mol. The molecule has 126 valence electrons. The van der Waals surface area contributed by atoms with Crippen LogP contribution >= 0.6 is 11.3 Å². The number of morpholine rings is 1. The Morgan fingerprint density at radius 2 is 2.00 bits per heavy atom. The van der Waals surface area contributed by atoms with Crippen LogP contribution < -0.4 is 10.2 Å². The summed E-state index contributed by atoms with van der Waals surface area (Å²) < 4.78 is 6.63. The second kappa shape index (κ2) is 5.82. The normalized spacial score (nSPS) is 17.0. The Hall–Kier alpha value is -2.44. The number of rotatable bonds is 2. The maximum atomic E-state index is 11.8. The quantitative estimate of drug-likeness (QED) is 0.771. The van der Waals surface area contributed by atoms with Gasteiger partial charge in [-0.1, -0.05) is 29.5 Å². The molecule has 0 spiro atoms. The van der Waals surface area contributed by atoms with E-state index in [0.29, 0.717) is 6.54 Å².